The number of carbonyl (C=O) groups excluding carboxylic acids is 1. The van der Waals surface area contributed by atoms with Crippen molar-refractivity contribution in [3.05, 3.63) is 54.2 Å². The molecule has 1 aliphatic heterocycles. The van der Waals surface area contributed by atoms with Gasteiger partial charge < -0.3 is 4.74 Å². The molecular formula is C16H17N2O2+. The van der Waals surface area contributed by atoms with Gasteiger partial charge in [-0.15, -0.1) is 0 Å². The number of ether oxygens (including phenoxy) is 1. The molecule has 2 aromatic rings. The number of fused-ring (bicyclic) bond motifs is 1. The van der Waals surface area contributed by atoms with Gasteiger partial charge in [0, 0.05) is 11.6 Å². The van der Waals surface area contributed by atoms with Crippen LogP contribution in [0.5, 0.6) is 5.75 Å². The van der Waals surface area contributed by atoms with Crippen molar-refractivity contribution in [3.8, 4) is 5.75 Å². The summed E-state index contributed by atoms with van der Waals surface area (Å²) in [6, 6.07) is 13.3. The average Bonchev–Trinajstić information content (AvgIpc) is 2.54. The molecule has 0 spiro atoms. The summed E-state index contributed by atoms with van der Waals surface area (Å²) in [6.45, 7) is 1.39. The maximum absolute atomic E-state index is 12.5. The number of pyridine rings is 1. The minimum absolute atomic E-state index is 0.0386. The van der Waals surface area contributed by atoms with Crippen LogP contribution >= 0.6 is 0 Å². The summed E-state index contributed by atoms with van der Waals surface area (Å²) in [5, 5.41) is 3.30. The summed E-state index contributed by atoms with van der Waals surface area (Å²) in [7, 11) is 1.62. The summed E-state index contributed by atoms with van der Waals surface area (Å²) in [4.78, 5) is 12.5. The van der Waals surface area contributed by atoms with Gasteiger partial charge in [0.05, 0.1) is 25.8 Å². The predicted molar refractivity (Wildman–Crippen MR) is 75.9 cm³/mol. The molecule has 1 aromatic carbocycles. The molecule has 0 saturated carbocycles. The summed E-state index contributed by atoms with van der Waals surface area (Å²) in [5.41, 5.74) is 0.734. The van der Waals surface area contributed by atoms with Gasteiger partial charge in [-0.05, 0) is 30.3 Å². The molecule has 0 aliphatic carbocycles. The van der Waals surface area contributed by atoms with Crippen molar-refractivity contribution in [2.75, 3.05) is 19.0 Å². The van der Waals surface area contributed by atoms with E-state index in [0.717, 1.165) is 17.1 Å². The van der Waals surface area contributed by atoms with Crippen LogP contribution < -0.4 is 14.6 Å². The maximum atomic E-state index is 12.5. The van der Waals surface area contributed by atoms with Crippen LogP contribution in [0.2, 0.25) is 0 Å². The van der Waals surface area contributed by atoms with Crippen LogP contribution in [0.15, 0.2) is 48.7 Å². The Balaban J connectivity index is 1.78. The van der Waals surface area contributed by atoms with E-state index >= 15 is 0 Å². The van der Waals surface area contributed by atoms with Gasteiger partial charge in [-0.1, -0.05) is 6.07 Å². The SMILES string of the molecule is COc1ccc(C(=O)C2CNc3cccc[n+]3C2)cc1. The highest BCUT2D eigenvalue weighted by Crippen LogP contribution is 2.17. The van der Waals surface area contributed by atoms with Gasteiger partial charge in [-0.25, -0.2) is 4.57 Å². The summed E-state index contributed by atoms with van der Waals surface area (Å²) < 4.78 is 7.19. The molecule has 1 aromatic heterocycles. The molecule has 1 N–H and O–H groups in total. The summed E-state index contributed by atoms with van der Waals surface area (Å²) in [5.74, 6) is 1.96. The average molecular weight is 269 g/mol. The smallest absolute Gasteiger partial charge is 0.274 e. The quantitative estimate of drug-likeness (QED) is 0.683. The third kappa shape index (κ3) is 2.37. The molecule has 0 fully saturated rings. The van der Waals surface area contributed by atoms with E-state index in [4.69, 9.17) is 4.74 Å². The molecule has 0 radical (unpaired) electrons. The van der Waals surface area contributed by atoms with Crippen molar-refractivity contribution in [2.24, 2.45) is 5.92 Å². The maximum Gasteiger partial charge on any atom is 0.274 e. The Morgan fingerprint density at radius 3 is 2.80 bits per heavy atom. The molecule has 1 atom stereocenters. The van der Waals surface area contributed by atoms with Gasteiger partial charge in [0.1, 0.15) is 12.3 Å². The van der Waals surface area contributed by atoms with Crippen molar-refractivity contribution in [2.45, 2.75) is 6.54 Å². The van der Waals surface area contributed by atoms with Crippen LogP contribution in [0.3, 0.4) is 0 Å². The van der Waals surface area contributed by atoms with Crippen molar-refractivity contribution in [1.82, 2.24) is 0 Å². The largest absolute Gasteiger partial charge is 0.497 e. The number of rotatable bonds is 3. The number of nitrogens with zero attached hydrogens (tertiary/aromatic N) is 1. The third-order valence-corrected chi connectivity index (χ3v) is 3.63. The highest BCUT2D eigenvalue weighted by atomic mass is 16.5. The van der Waals surface area contributed by atoms with Crippen LogP contribution in [0.1, 0.15) is 10.4 Å². The van der Waals surface area contributed by atoms with Crippen molar-refractivity contribution >= 4 is 11.6 Å². The van der Waals surface area contributed by atoms with Crippen molar-refractivity contribution in [1.29, 1.82) is 0 Å². The molecular weight excluding hydrogens is 252 g/mol. The molecule has 1 aliphatic rings. The Labute approximate surface area is 118 Å². The fourth-order valence-corrected chi connectivity index (χ4v) is 2.49. The number of Topliss-reactive ketones (excluding diaryl/α,β-unsaturated/α-hetero) is 1. The molecule has 0 amide bonds. The van der Waals surface area contributed by atoms with Gasteiger partial charge in [-0.2, -0.15) is 0 Å². The van der Waals surface area contributed by atoms with E-state index in [9.17, 15) is 4.79 Å². The second-order valence-corrected chi connectivity index (χ2v) is 4.91. The number of nitrogens with one attached hydrogen (secondary N) is 1. The Kier molecular flexibility index (Phi) is 3.37. The zero-order chi connectivity index (χ0) is 13.9. The van der Waals surface area contributed by atoms with Crippen LogP contribution in [0.25, 0.3) is 0 Å². The number of hydrogen-bond acceptors (Lipinski definition) is 3. The number of methoxy groups -OCH3 is 1. The van der Waals surface area contributed by atoms with Gasteiger partial charge in [0.25, 0.3) is 5.82 Å². The Bertz CT molecular complexity index is 623. The Morgan fingerprint density at radius 1 is 1.25 bits per heavy atom. The molecule has 102 valence electrons. The molecule has 2 heterocycles. The number of benzene rings is 1. The van der Waals surface area contributed by atoms with Crippen LogP contribution in [0.4, 0.5) is 5.82 Å². The van der Waals surface area contributed by atoms with E-state index in [1.165, 1.54) is 0 Å². The lowest BCUT2D eigenvalue weighted by Gasteiger charge is -2.20. The normalized spacial score (nSPS) is 16.9. The number of hydrogen-bond donors (Lipinski definition) is 1. The van der Waals surface area contributed by atoms with E-state index in [-0.39, 0.29) is 11.7 Å². The highest BCUT2D eigenvalue weighted by molar-refractivity contribution is 5.98. The highest BCUT2D eigenvalue weighted by Gasteiger charge is 2.29. The van der Waals surface area contributed by atoms with E-state index in [0.29, 0.717) is 13.1 Å². The summed E-state index contributed by atoms with van der Waals surface area (Å²) >= 11 is 0. The van der Waals surface area contributed by atoms with E-state index in [1.807, 2.05) is 48.7 Å². The van der Waals surface area contributed by atoms with E-state index in [2.05, 4.69) is 9.88 Å². The topological polar surface area (TPSA) is 42.2 Å². The minimum atomic E-state index is -0.0386. The van der Waals surface area contributed by atoms with Crippen LogP contribution in [0, 0.1) is 5.92 Å². The lowest BCUT2D eigenvalue weighted by Crippen LogP contribution is -2.49. The standard InChI is InChI=1S/C16H16N2O2/c1-20-14-7-5-12(6-8-14)16(19)13-10-17-15-4-2-3-9-18(15)11-13/h2-9,13H,10-11H2,1H3/p+1. The third-order valence-electron chi connectivity index (χ3n) is 3.63. The molecule has 1 unspecified atom stereocenters. The molecule has 4 nitrogen and oxygen atoms in total. The number of ketones is 1. The van der Waals surface area contributed by atoms with Gasteiger partial charge in [0.2, 0.25) is 0 Å². The molecule has 0 saturated heterocycles. The van der Waals surface area contributed by atoms with Gasteiger partial charge in [0.15, 0.2) is 5.78 Å². The lowest BCUT2D eigenvalue weighted by molar-refractivity contribution is -0.690. The van der Waals surface area contributed by atoms with Crippen LogP contribution in [-0.2, 0) is 6.54 Å². The molecule has 3 rings (SSSR count). The number of carbonyl (C=O) groups is 1. The van der Waals surface area contributed by atoms with Gasteiger partial charge in [-0.3, -0.25) is 10.1 Å². The fourth-order valence-electron chi connectivity index (χ4n) is 2.49. The Hall–Kier alpha value is -2.36. The number of anilines is 1. The lowest BCUT2D eigenvalue weighted by atomic mass is 9.96. The first-order chi connectivity index (χ1) is 9.78. The zero-order valence-corrected chi connectivity index (χ0v) is 11.4. The first-order valence-electron chi connectivity index (χ1n) is 6.68. The second-order valence-electron chi connectivity index (χ2n) is 4.91. The molecule has 0 bridgehead atoms. The molecule has 20 heavy (non-hydrogen) atoms. The van der Waals surface area contributed by atoms with Gasteiger partial charge >= 0.3 is 0 Å². The minimum Gasteiger partial charge on any atom is -0.497 e. The number of aromatic nitrogens is 1. The fraction of sp³-hybridized carbons (Fsp3) is 0.250. The predicted octanol–water partition coefficient (Wildman–Crippen LogP) is 1.91. The monoisotopic (exact) mass is 269 g/mol. The van der Waals surface area contributed by atoms with E-state index < -0.39 is 0 Å². The zero-order valence-electron chi connectivity index (χ0n) is 11.4. The first-order valence-corrected chi connectivity index (χ1v) is 6.68. The summed E-state index contributed by atoms with van der Waals surface area (Å²) in [6.07, 6.45) is 2.00. The Morgan fingerprint density at radius 2 is 2.05 bits per heavy atom. The first kappa shape index (κ1) is 12.7. The van der Waals surface area contributed by atoms with E-state index in [1.54, 1.807) is 7.11 Å². The van der Waals surface area contributed by atoms with Crippen molar-refractivity contribution in [3.63, 3.8) is 0 Å². The molecule has 4 heteroatoms. The van der Waals surface area contributed by atoms with Crippen molar-refractivity contribution < 1.29 is 14.1 Å². The van der Waals surface area contributed by atoms with Crippen LogP contribution in [-0.4, -0.2) is 19.4 Å². The second kappa shape index (κ2) is 5.33.